The molecule has 4 heteroatoms. The molecule has 0 spiro atoms. The Morgan fingerprint density at radius 1 is 1.10 bits per heavy atom. The van der Waals surface area contributed by atoms with E-state index >= 15 is 0 Å². The van der Waals surface area contributed by atoms with E-state index in [1.54, 1.807) is 24.3 Å². The average molecular weight is 271 g/mol. The van der Waals surface area contributed by atoms with Crippen LogP contribution in [0.15, 0.2) is 54.6 Å². The second-order valence-electron chi connectivity index (χ2n) is 4.52. The Morgan fingerprint density at radius 3 is 2.35 bits per heavy atom. The van der Waals surface area contributed by atoms with Crippen molar-refractivity contribution in [2.75, 3.05) is 6.61 Å². The summed E-state index contributed by atoms with van der Waals surface area (Å²) in [5, 5.41) is 10.7. The van der Waals surface area contributed by atoms with Crippen LogP contribution < -0.4 is 15.6 Å². The molecule has 0 unspecified atom stereocenters. The maximum Gasteiger partial charge on any atom is 0.150 e. The molecular formula is C16H17NO3. The first-order valence-corrected chi connectivity index (χ1v) is 6.47. The molecule has 0 aliphatic heterocycles. The van der Waals surface area contributed by atoms with Crippen molar-refractivity contribution in [3.8, 4) is 5.75 Å². The van der Waals surface area contributed by atoms with Crippen LogP contribution in [0.4, 0.5) is 0 Å². The van der Waals surface area contributed by atoms with Gasteiger partial charge in [0.15, 0.2) is 6.04 Å². The van der Waals surface area contributed by atoms with Gasteiger partial charge in [-0.05, 0) is 29.8 Å². The lowest BCUT2D eigenvalue weighted by Crippen LogP contribution is -2.60. The molecule has 3 N–H and O–H groups in total. The summed E-state index contributed by atoms with van der Waals surface area (Å²) in [6.07, 6.45) is 0.833. The molecule has 0 saturated carbocycles. The van der Waals surface area contributed by atoms with Crippen LogP contribution in [0.1, 0.15) is 17.2 Å². The molecule has 0 heterocycles. The zero-order valence-electron chi connectivity index (χ0n) is 11.1. The van der Waals surface area contributed by atoms with Crippen LogP contribution in [-0.4, -0.2) is 12.6 Å². The van der Waals surface area contributed by atoms with Gasteiger partial charge in [-0.25, -0.2) is 0 Å². The molecule has 2 rings (SSSR count). The van der Waals surface area contributed by atoms with Gasteiger partial charge in [-0.2, -0.15) is 0 Å². The van der Waals surface area contributed by atoms with Crippen molar-refractivity contribution in [3.63, 3.8) is 0 Å². The van der Waals surface area contributed by atoms with Gasteiger partial charge >= 0.3 is 0 Å². The van der Waals surface area contributed by atoms with Crippen molar-refractivity contribution in [1.82, 2.24) is 0 Å². The number of carboxylic acid groups (broad SMARTS) is 1. The minimum absolute atomic E-state index is 0.581. The first-order chi connectivity index (χ1) is 9.66. The first-order valence-electron chi connectivity index (χ1n) is 6.47. The zero-order chi connectivity index (χ0) is 14.4. The predicted molar refractivity (Wildman–Crippen MR) is 72.7 cm³/mol. The molecule has 0 aliphatic rings. The number of ether oxygens (including phenoxy) is 1. The SMILES string of the molecule is [NH3+][C@H](C(=O)[O-])c1ccc(OCCc2ccccc2)cc1. The summed E-state index contributed by atoms with van der Waals surface area (Å²) in [5.74, 6) is -0.460. The molecule has 0 radical (unpaired) electrons. The van der Waals surface area contributed by atoms with Crippen molar-refractivity contribution < 1.29 is 20.4 Å². The molecular weight excluding hydrogens is 254 g/mol. The van der Waals surface area contributed by atoms with Gasteiger partial charge in [0.1, 0.15) is 11.7 Å². The number of quaternary nitrogens is 1. The molecule has 0 aliphatic carbocycles. The smallest absolute Gasteiger partial charge is 0.150 e. The summed E-state index contributed by atoms with van der Waals surface area (Å²) in [4.78, 5) is 10.7. The molecule has 0 aromatic heterocycles. The highest BCUT2D eigenvalue weighted by Crippen LogP contribution is 2.15. The van der Waals surface area contributed by atoms with Gasteiger partial charge in [0, 0.05) is 12.0 Å². The van der Waals surface area contributed by atoms with Crippen molar-refractivity contribution in [2.24, 2.45) is 0 Å². The monoisotopic (exact) mass is 271 g/mol. The predicted octanol–water partition coefficient (Wildman–Crippen LogP) is 0.341. The quantitative estimate of drug-likeness (QED) is 0.823. The molecule has 104 valence electrons. The van der Waals surface area contributed by atoms with Crippen LogP contribution in [0.5, 0.6) is 5.75 Å². The van der Waals surface area contributed by atoms with Crippen molar-refractivity contribution >= 4 is 5.97 Å². The van der Waals surface area contributed by atoms with E-state index < -0.39 is 12.0 Å². The minimum Gasteiger partial charge on any atom is -0.544 e. The maximum atomic E-state index is 10.7. The third-order valence-electron chi connectivity index (χ3n) is 3.07. The highest BCUT2D eigenvalue weighted by Gasteiger charge is 2.10. The Kier molecular flexibility index (Phi) is 4.74. The lowest BCUT2D eigenvalue weighted by atomic mass is 10.1. The summed E-state index contributed by atoms with van der Waals surface area (Å²) in [6.45, 7) is 0.581. The van der Waals surface area contributed by atoms with Crippen molar-refractivity contribution in [2.45, 2.75) is 12.5 Å². The molecule has 0 saturated heterocycles. The molecule has 0 bridgehead atoms. The van der Waals surface area contributed by atoms with E-state index in [1.807, 2.05) is 18.2 Å². The lowest BCUT2D eigenvalue weighted by Gasteiger charge is -2.11. The number of aliphatic carboxylic acids is 1. The minimum atomic E-state index is -1.18. The highest BCUT2D eigenvalue weighted by atomic mass is 16.5. The highest BCUT2D eigenvalue weighted by molar-refractivity contribution is 5.71. The summed E-state index contributed by atoms with van der Waals surface area (Å²) < 4.78 is 5.62. The second-order valence-corrected chi connectivity index (χ2v) is 4.52. The van der Waals surface area contributed by atoms with Gasteiger partial charge in [0.25, 0.3) is 0 Å². The van der Waals surface area contributed by atoms with Gasteiger partial charge in [-0.15, -0.1) is 0 Å². The molecule has 0 amide bonds. The van der Waals surface area contributed by atoms with Gasteiger partial charge in [-0.1, -0.05) is 30.3 Å². The van der Waals surface area contributed by atoms with Gasteiger partial charge in [-0.3, -0.25) is 0 Å². The number of hydrogen-bond donors (Lipinski definition) is 1. The van der Waals surface area contributed by atoms with E-state index in [0.29, 0.717) is 12.2 Å². The number of benzene rings is 2. The van der Waals surface area contributed by atoms with E-state index in [2.05, 4.69) is 17.9 Å². The van der Waals surface area contributed by atoms with Crippen LogP contribution >= 0.6 is 0 Å². The number of carbonyl (C=O) groups is 1. The van der Waals surface area contributed by atoms with Gasteiger partial charge in [0.2, 0.25) is 0 Å². The topological polar surface area (TPSA) is 77.0 Å². The van der Waals surface area contributed by atoms with Crippen molar-refractivity contribution in [3.05, 3.63) is 65.7 Å². The number of carboxylic acids is 1. The van der Waals surface area contributed by atoms with E-state index in [4.69, 9.17) is 4.74 Å². The Balaban J connectivity index is 1.86. The second kappa shape index (κ2) is 6.73. The summed E-state index contributed by atoms with van der Waals surface area (Å²) in [7, 11) is 0. The Labute approximate surface area is 117 Å². The van der Waals surface area contributed by atoms with Crippen LogP contribution in [0, 0.1) is 0 Å². The van der Waals surface area contributed by atoms with Crippen LogP contribution in [0.25, 0.3) is 0 Å². The Bertz CT molecular complexity index is 552. The zero-order valence-corrected chi connectivity index (χ0v) is 11.1. The van der Waals surface area contributed by atoms with Crippen LogP contribution in [0.2, 0.25) is 0 Å². The standard InChI is InChI=1S/C16H17NO3/c17-15(16(18)19)13-6-8-14(9-7-13)20-11-10-12-4-2-1-3-5-12/h1-9,15H,10-11,17H2,(H,18,19)/t15-/m0/s1. The molecule has 2 aromatic carbocycles. The Morgan fingerprint density at radius 2 is 1.75 bits per heavy atom. The van der Waals surface area contributed by atoms with Crippen LogP contribution in [-0.2, 0) is 11.2 Å². The fourth-order valence-electron chi connectivity index (χ4n) is 1.86. The number of carbonyl (C=O) groups excluding carboxylic acids is 1. The molecule has 2 aromatic rings. The van der Waals surface area contributed by atoms with Gasteiger partial charge < -0.3 is 20.4 Å². The normalized spacial score (nSPS) is 11.8. The van der Waals surface area contributed by atoms with E-state index in [9.17, 15) is 9.90 Å². The maximum absolute atomic E-state index is 10.7. The largest absolute Gasteiger partial charge is 0.544 e. The third-order valence-corrected chi connectivity index (χ3v) is 3.07. The lowest BCUT2D eigenvalue weighted by molar-refractivity contribution is -0.443. The summed E-state index contributed by atoms with van der Waals surface area (Å²) in [6, 6.07) is 16.1. The van der Waals surface area contributed by atoms with Crippen LogP contribution in [0.3, 0.4) is 0 Å². The summed E-state index contributed by atoms with van der Waals surface area (Å²) in [5.41, 5.74) is 5.37. The summed E-state index contributed by atoms with van der Waals surface area (Å²) >= 11 is 0. The third kappa shape index (κ3) is 3.83. The molecule has 0 fully saturated rings. The van der Waals surface area contributed by atoms with E-state index in [1.165, 1.54) is 5.56 Å². The van der Waals surface area contributed by atoms with E-state index in [0.717, 1.165) is 12.2 Å². The van der Waals surface area contributed by atoms with E-state index in [-0.39, 0.29) is 0 Å². The first kappa shape index (κ1) is 14.1. The average Bonchev–Trinajstić information content (AvgIpc) is 2.48. The molecule has 20 heavy (non-hydrogen) atoms. The number of hydrogen-bond acceptors (Lipinski definition) is 3. The molecule has 1 atom stereocenters. The fraction of sp³-hybridized carbons (Fsp3) is 0.188. The Hall–Kier alpha value is -2.33. The number of rotatable bonds is 6. The molecule has 4 nitrogen and oxygen atoms in total. The van der Waals surface area contributed by atoms with Crippen molar-refractivity contribution in [1.29, 1.82) is 0 Å². The van der Waals surface area contributed by atoms with Gasteiger partial charge in [0.05, 0.1) is 6.61 Å². The fourth-order valence-corrected chi connectivity index (χ4v) is 1.86.